The van der Waals surface area contributed by atoms with E-state index in [1.807, 2.05) is 39.0 Å². The Kier molecular flexibility index (Phi) is 11.9. The van der Waals surface area contributed by atoms with Gasteiger partial charge in [0.1, 0.15) is 11.4 Å². The predicted octanol–water partition coefficient (Wildman–Crippen LogP) is 7.39. The van der Waals surface area contributed by atoms with E-state index in [1.54, 1.807) is 25.1 Å². The van der Waals surface area contributed by atoms with E-state index in [9.17, 15) is 4.79 Å². The van der Waals surface area contributed by atoms with Gasteiger partial charge in [0, 0.05) is 5.57 Å². The first kappa shape index (κ1) is 26.9. The zero-order chi connectivity index (χ0) is 23.3. The van der Waals surface area contributed by atoms with E-state index in [4.69, 9.17) is 9.84 Å². The molecular formula is C27H36O3. The van der Waals surface area contributed by atoms with Gasteiger partial charge in [-0.25, -0.2) is 4.79 Å². The topological polar surface area (TPSA) is 46.5 Å². The number of phenols is 1. The lowest BCUT2D eigenvalue weighted by Gasteiger charge is -2.19. The average molecular weight is 409 g/mol. The zero-order valence-electron chi connectivity index (χ0n) is 19.2. The number of benzene rings is 2. The summed E-state index contributed by atoms with van der Waals surface area (Å²) < 4.78 is 4.96. The Morgan fingerprint density at radius 2 is 1.33 bits per heavy atom. The second kappa shape index (κ2) is 13.2. The van der Waals surface area contributed by atoms with Gasteiger partial charge in [-0.05, 0) is 62.4 Å². The summed E-state index contributed by atoms with van der Waals surface area (Å²) in [6.45, 7) is 22.3. The third-order valence-corrected chi connectivity index (χ3v) is 3.71. The molecule has 0 aliphatic rings. The van der Waals surface area contributed by atoms with Crippen LogP contribution in [0.25, 0.3) is 12.2 Å². The number of phenolic OH excluding ortho intramolecular Hbond substituents is 1. The highest BCUT2D eigenvalue weighted by Crippen LogP contribution is 2.14. The first-order valence-corrected chi connectivity index (χ1v) is 9.92. The van der Waals surface area contributed by atoms with Crippen molar-refractivity contribution in [3.05, 3.63) is 90.5 Å². The molecule has 0 radical (unpaired) electrons. The fourth-order valence-electron chi connectivity index (χ4n) is 1.99. The van der Waals surface area contributed by atoms with Crippen molar-refractivity contribution in [2.75, 3.05) is 0 Å². The highest BCUT2D eigenvalue weighted by molar-refractivity contribution is 5.87. The van der Waals surface area contributed by atoms with E-state index in [2.05, 4.69) is 57.8 Å². The number of hydrogen-bond donors (Lipinski definition) is 1. The van der Waals surface area contributed by atoms with Gasteiger partial charge in [0.05, 0.1) is 0 Å². The van der Waals surface area contributed by atoms with Gasteiger partial charge in [-0.3, -0.25) is 0 Å². The average Bonchev–Trinajstić information content (AvgIpc) is 2.68. The molecule has 0 saturated carbocycles. The van der Waals surface area contributed by atoms with Gasteiger partial charge in [0.25, 0.3) is 0 Å². The summed E-state index contributed by atoms with van der Waals surface area (Å²) in [4.78, 5) is 10.8. The minimum atomic E-state index is -0.407. The number of carbonyl (C=O) groups is 1. The van der Waals surface area contributed by atoms with Gasteiger partial charge in [0.15, 0.2) is 0 Å². The summed E-state index contributed by atoms with van der Waals surface area (Å²) in [5, 5.41) is 8.82. The Morgan fingerprint density at radius 1 is 0.933 bits per heavy atom. The summed E-state index contributed by atoms with van der Waals surface area (Å²) in [5.74, 6) is 0.585. The maximum absolute atomic E-state index is 10.8. The Balaban J connectivity index is 0.000000423. The van der Waals surface area contributed by atoms with Gasteiger partial charge < -0.3 is 9.84 Å². The molecular weight excluding hydrogens is 372 g/mol. The molecule has 0 spiro atoms. The highest BCUT2D eigenvalue weighted by Gasteiger charge is 2.15. The smallest absolute Gasteiger partial charge is 0.333 e. The molecule has 2 aromatic rings. The minimum absolute atomic E-state index is 0.292. The van der Waals surface area contributed by atoms with Crippen LogP contribution >= 0.6 is 0 Å². The van der Waals surface area contributed by atoms with Gasteiger partial charge in [-0.2, -0.15) is 0 Å². The molecule has 0 heterocycles. The molecule has 0 atom stereocenters. The molecule has 0 bridgehead atoms. The third-order valence-electron chi connectivity index (χ3n) is 3.71. The summed E-state index contributed by atoms with van der Waals surface area (Å²) in [7, 11) is 0. The standard InChI is InChI=1S/C11H14.C8H14O2.C8H8O/c1-4-10-5-7-11(8-6-10)9(2)3;1-6(2)7(9)10-8(3,4)5;1-2-7-3-5-8(9)6-4-7/h4-9H,1H2,2-3H3;1H2,2-5H3;2-6,9H,1H2. The molecule has 162 valence electrons. The first-order chi connectivity index (χ1) is 13.9. The van der Waals surface area contributed by atoms with Crippen LogP contribution in [0.15, 0.2) is 73.8 Å². The van der Waals surface area contributed by atoms with Gasteiger partial charge >= 0.3 is 5.97 Å². The molecule has 30 heavy (non-hydrogen) atoms. The Morgan fingerprint density at radius 3 is 1.60 bits per heavy atom. The summed E-state index contributed by atoms with van der Waals surface area (Å²) in [6.07, 6.45) is 3.60. The van der Waals surface area contributed by atoms with Crippen molar-refractivity contribution in [1.82, 2.24) is 0 Å². The Labute approximate surface area is 182 Å². The van der Waals surface area contributed by atoms with Crippen LogP contribution in [0.5, 0.6) is 5.75 Å². The van der Waals surface area contributed by atoms with Crippen LogP contribution in [0.1, 0.15) is 64.2 Å². The van der Waals surface area contributed by atoms with Crippen molar-refractivity contribution in [2.24, 2.45) is 0 Å². The van der Waals surface area contributed by atoms with Gasteiger partial charge in [-0.1, -0.05) is 82.1 Å². The van der Waals surface area contributed by atoms with Crippen LogP contribution in [-0.2, 0) is 9.53 Å². The molecule has 1 N–H and O–H groups in total. The van der Waals surface area contributed by atoms with E-state index in [0.29, 0.717) is 17.2 Å². The van der Waals surface area contributed by atoms with E-state index in [1.165, 1.54) is 11.1 Å². The van der Waals surface area contributed by atoms with E-state index in [-0.39, 0.29) is 5.97 Å². The van der Waals surface area contributed by atoms with Crippen molar-refractivity contribution in [3.8, 4) is 5.75 Å². The lowest BCUT2D eigenvalue weighted by atomic mass is 10.0. The lowest BCUT2D eigenvalue weighted by molar-refractivity contribution is -0.149. The van der Waals surface area contributed by atoms with E-state index >= 15 is 0 Å². The number of hydrogen-bond acceptors (Lipinski definition) is 3. The third kappa shape index (κ3) is 12.4. The summed E-state index contributed by atoms with van der Waals surface area (Å²) >= 11 is 0. The lowest BCUT2D eigenvalue weighted by Crippen LogP contribution is -2.23. The predicted molar refractivity (Wildman–Crippen MR) is 129 cm³/mol. The van der Waals surface area contributed by atoms with Crippen LogP contribution in [0.2, 0.25) is 0 Å². The van der Waals surface area contributed by atoms with Crippen molar-refractivity contribution in [1.29, 1.82) is 0 Å². The maximum atomic E-state index is 10.8. The van der Waals surface area contributed by atoms with Crippen LogP contribution < -0.4 is 0 Å². The minimum Gasteiger partial charge on any atom is -0.508 e. The van der Waals surface area contributed by atoms with Crippen molar-refractivity contribution in [2.45, 2.75) is 53.1 Å². The largest absolute Gasteiger partial charge is 0.508 e. The fraction of sp³-hybridized carbons (Fsp3) is 0.296. The molecule has 0 aliphatic heterocycles. The molecule has 0 aromatic heterocycles. The molecule has 0 fully saturated rings. The van der Waals surface area contributed by atoms with Crippen LogP contribution in [-0.4, -0.2) is 16.7 Å². The number of aromatic hydroxyl groups is 1. The number of carbonyl (C=O) groups excluding carboxylic acids is 1. The van der Waals surface area contributed by atoms with Gasteiger partial charge in [0.2, 0.25) is 0 Å². The quantitative estimate of drug-likeness (QED) is 0.424. The molecule has 0 saturated heterocycles. The van der Waals surface area contributed by atoms with E-state index in [0.717, 1.165) is 5.56 Å². The molecule has 0 unspecified atom stereocenters. The molecule has 2 aromatic carbocycles. The molecule has 2 rings (SSSR count). The number of ether oxygens (including phenoxy) is 1. The first-order valence-electron chi connectivity index (χ1n) is 9.92. The van der Waals surface area contributed by atoms with Crippen LogP contribution in [0.3, 0.4) is 0 Å². The van der Waals surface area contributed by atoms with Crippen molar-refractivity contribution >= 4 is 18.1 Å². The highest BCUT2D eigenvalue weighted by atomic mass is 16.6. The zero-order valence-corrected chi connectivity index (χ0v) is 19.2. The molecule has 0 amide bonds. The fourth-order valence-corrected chi connectivity index (χ4v) is 1.99. The summed E-state index contributed by atoms with van der Waals surface area (Å²) in [5.41, 5.74) is 3.63. The second-order valence-corrected chi connectivity index (χ2v) is 8.10. The number of esters is 1. The monoisotopic (exact) mass is 408 g/mol. The normalized spacial score (nSPS) is 9.97. The maximum Gasteiger partial charge on any atom is 0.333 e. The molecule has 3 heteroatoms. The second-order valence-electron chi connectivity index (χ2n) is 8.10. The van der Waals surface area contributed by atoms with E-state index < -0.39 is 5.60 Å². The van der Waals surface area contributed by atoms with Gasteiger partial charge in [-0.15, -0.1) is 0 Å². The SMILES string of the molecule is C=C(C)C(=O)OC(C)(C)C.C=Cc1ccc(C(C)C)cc1.C=Cc1ccc(O)cc1. The number of rotatable bonds is 4. The molecule has 0 aliphatic carbocycles. The Bertz CT molecular complexity index is 805. The van der Waals surface area contributed by atoms with Crippen LogP contribution in [0, 0.1) is 0 Å². The van der Waals surface area contributed by atoms with Crippen molar-refractivity contribution in [3.63, 3.8) is 0 Å². The Hall–Kier alpha value is -3.07. The van der Waals surface area contributed by atoms with Crippen LogP contribution in [0.4, 0.5) is 0 Å². The molecule has 3 nitrogen and oxygen atoms in total. The van der Waals surface area contributed by atoms with Crippen molar-refractivity contribution < 1.29 is 14.6 Å². The summed E-state index contributed by atoms with van der Waals surface area (Å²) in [6, 6.07) is 15.4.